The monoisotopic (exact) mass is 488 g/mol. The maximum absolute atomic E-state index is 13.7. The predicted octanol–water partition coefficient (Wildman–Crippen LogP) is 5.07. The average Bonchev–Trinajstić information content (AvgIpc) is 2.84. The summed E-state index contributed by atoms with van der Waals surface area (Å²) in [6.45, 7) is 8.33. The fourth-order valence-corrected chi connectivity index (χ4v) is 6.06. The summed E-state index contributed by atoms with van der Waals surface area (Å²) in [4.78, 5) is 20.8. The Kier molecular flexibility index (Phi) is 4.10. The molecule has 1 aliphatic carbocycles. The number of anilines is 3. The lowest BCUT2D eigenvalue weighted by Crippen LogP contribution is -2.44. The number of allylic oxidation sites excluding steroid dienone is 2. The van der Waals surface area contributed by atoms with Gasteiger partial charge >= 0.3 is 0 Å². The van der Waals surface area contributed by atoms with Crippen LogP contribution in [0.15, 0.2) is 71.4 Å². The zero-order valence-corrected chi connectivity index (χ0v) is 21.5. The summed E-state index contributed by atoms with van der Waals surface area (Å²) in [5.74, 6) is -0.0951. The van der Waals surface area contributed by atoms with E-state index >= 15 is 0 Å². The predicted molar refractivity (Wildman–Crippen MR) is 150 cm³/mol. The Morgan fingerprint density at radius 2 is 1.51 bits per heavy atom. The number of aliphatic hydroxyl groups excluding tert-OH is 1. The standard InChI is InChI=1S/C31H28N4O2/c1-30(2)32-20-10-6-8-16-18(12-14-21(33-30)24(16)20)26-28(36)27(29(26)37)19-13-15-22-25-17(19)9-7-11-23(25)35(5)31(3,4)34-22/h6-15,32-33,36H,1-5H3/b27-19+. The Balaban J connectivity index is 1.48. The number of carbonyl (C=O) groups is 1. The van der Waals surface area contributed by atoms with Crippen LogP contribution in [-0.2, 0) is 4.79 Å². The van der Waals surface area contributed by atoms with Crippen molar-refractivity contribution < 1.29 is 9.90 Å². The van der Waals surface area contributed by atoms with Gasteiger partial charge in [0.2, 0.25) is 5.78 Å². The van der Waals surface area contributed by atoms with E-state index in [9.17, 15) is 9.90 Å². The molecule has 3 aliphatic rings. The molecule has 7 rings (SSSR count). The van der Waals surface area contributed by atoms with Gasteiger partial charge in [0.1, 0.15) is 17.1 Å². The number of Topliss-reactive ketones (excluding diaryl/α,β-unsaturated/α-hetero) is 1. The minimum absolute atomic E-state index is 0.0462. The first-order chi connectivity index (χ1) is 17.6. The molecule has 0 saturated carbocycles. The van der Waals surface area contributed by atoms with Gasteiger partial charge in [-0.05, 0) is 73.5 Å². The Labute approximate surface area is 214 Å². The number of ketones is 1. The third-order valence-electron chi connectivity index (χ3n) is 7.97. The summed E-state index contributed by atoms with van der Waals surface area (Å²) in [5, 5.41) is 23.9. The minimum atomic E-state index is -0.370. The van der Waals surface area contributed by atoms with Crippen LogP contribution in [0.25, 0.3) is 32.7 Å². The molecule has 0 fully saturated rings. The topological polar surface area (TPSA) is 77.0 Å². The lowest BCUT2D eigenvalue weighted by Gasteiger charge is -2.37. The molecule has 0 unspecified atom stereocenters. The van der Waals surface area contributed by atoms with Crippen molar-refractivity contribution in [2.24, 2.45) is 4.99 Å². The Hall–Kier alpha value is -4.32. The van der Waals surface area contributed by atoms with Gasteiger partial charge < -0.3 is 20.6 Å². The Morgan fingerprint density at radius 3 is 2.27 bits per heavy atom. The van der Waals surface area contributed by atoms with E-state index in [0.717, 1.165) is 54.7 Å². The van der Waals surface area contributed by atoms with Crippen molar-refractivity contribution in [1.82, 2.24) is 0 Å². The Morgan fingerprint density at radius 1 is 0.811 bits per heavy atom. The molecule has 0 amide bonds. The molecular formula is C31H28N4O2. The molecule has 0 atom stereocenters. The number of nitrogens with one attached hydrogen (secondary N) is 2. The number of hydrogen-bond acceptors (Lipinski definition) is 6. The van der Waals surface area contributed by atoms with E-state index in [0.29, 0.717) is 11.1 Å². The highest BCUT2D eigenvalue weighted by atomic mass is 16.3. The van der Waals surface area contributed by atoms with Crippen LogP contribution in [0.3, 0.4) is 0 Å². The van der Waals surface area contributed by atoms with Crippen LogP contribution in [0, 0.1) is 0 Å². The first-order valence-electron chi connectivity index (χ1n) is 12.6. The molecule has 6 nitrogen and oxygen atoms in total. The van der Waals surface area contributed by atoms with Gasteiger partial charge in [0, 0.05) is 34.9 Å². The molecule has 4 aromatic carbocycles. The van der Waals surface area contributed by atoms with Gasteiger partial charge in [-0.1, -0.05) is 36.4 Å². The second-order valence-corrected chi connectivity index (χ2v) is 11.2. The van der Waals surface area contributed by atoms with Gasteiger partial charge in [0.25, 0.3) is 0 Å². The minimum Gasteiger partial charge on any atom is -0.506 e. The van der Waals surface area contributed by atoms with Crippen molar-refractivity contribution in [3.8, 4) is 0 Å². The molecule has 37 heavy (non-hydrogen) atoms. The highest BCUT2D eigenvalue weighted by Crippen LogP contribution is 2.45. The fourth-order valence-electron chi connectivity index (χ4n) is 6.06. The molecule has 0 bridgehead atoms. The second kappa shape index (κ2) is 6.91. The van der Waals surface area contributed by atoms with Crippen molar-refractivity contribution in [2.45, 2.75) is 39.0 Å². The molecule has 3 N–H and O–H groups in total. The lowest BCUT2D eigenvalue weighted by molar-refractivity contribution is -0.109. The lowest BCUT2D eigenvalue weighted by atomic mass is 9.79. The molecule has 0 saturated heterocycles. The SMILES string of the molecule is CN1c2cccc3/c(=C4/C(=O)C(c5ccc6c7c(cccc57)NC(C)(C)N6)=C4O)ccc(c23)=NC1(C)C. The van der Waals surface area contributed by atoms with Crippen LogP contribution < -0.4 is 26.1 Å². The maximum atomic E-state index is 13.7. The smallest absolute Gasteiger partial charge is 0.201 e. The van der Waals surface area contributed by atoms with Crippen LogP contribution in [0.4, 0.5) is 17.1 Å². The highest BCUT2D eigenvalue weighted by Gasteiger charge is 2.38. The van der Waals surface area contributed by atoms with Crippen molar-refractivity contribution in [1.29, 1.82) is 0 Å². The molecule has 4 aromatic rings. The number of aliphatic hydroxyl groups is 1. The van der Waals surface area contributed by atoms with Crippen LogP contribution in [0.2, 0.25) is 0 Å². The molecule has 2 heterocycles. The zero-order chi connectivity index (χ0) is 25.9. The van der Waals surface area contributed by atoms with E-state index in [-0.39, 0.29) is 22.9 Å². The molecule has 0 aromatic heterocycles. The van der Waals surface area contributed by atoms with Gasteiger partial charge in [-0.2, -0.15) is 0 Å². The van der Waals surface area contributed by atoms with Gasteiger partial charge in [-0.3, -0.25) is 9.79 Å². The van der Waals surface area contributed by atoms with Crippen molar-refractivity contribution in [3.05, 3.63) is 82.6 Å². The molecule has 2 aliphatic heterocycles. The van der Waals surface area contributed by atoms with Gasteiger partial charge in [-0.15, -0.1) is 0 Å². The van der Waals surface area contributed by atoms with Crippen LogP contribution >= 0.6 is 0 Å². The molecular weight excluding hydrogens is 460 g/mol. The van der Waals surface area contributed by atoms with Gasteiger partial charge in [0.05, 0.1) is 16.5 Å². The number of hydrogen-bond donors (Lipinski definition) is 3. The summed E-state index contributed by atoms with van der Waals surface area (Å²) in [6, 6.07) is 19.9. The van der Waals surface area contributed by atoms with Gasteiger partial charge in [-0.25, -0.2) is 0 Å². The second-order valence-electron chi connectivity index (χ2n) is 11.2. The van der Waals surface area contributed by atoms with E-state index in [4.69, 9.17) is 4.99 Å². The first kappa shape index (κ1) is 21.9. The zero-order valence-electron chi connectivity index (χ0n) is 21.5. The van der Waals surface area contributed by atoms with E-state index in [1.807, 2.05) is 61.6 Å². The quantitative estimate of drug-likeness (QED) is 0.349. The number of benzene rings is 4. The Bertz CT molecular complexity index is 1870. The molecule has 6 heteroatoms. The molecule has 0 spiro atoms. The van der Waals surface area contributed by atoms with Gasteiger partial charge in [0.15, 0.2) is 0 Å². The normalized spacial score (nSPS) is 20.4. The largest absolute Gasteiger partial charge is 0.506 e. The number of carbonyl (C=O) groups excluding carboxylic acids is 1. The van der Waals surface area contributed by atoms with Crippen molar-refractivity contribution in [2.75, 3.05) is 22.6 Å². The fraction of sp³-hybridized carbons (Fsp3) is 0.226. The van der Waals surface area contributed by atoms with E-state index in [1.165, 1.54) is 0 Å². The van der Waals surface area contributed by atoms with Crippen LogP contribution in [0.1, 0.15) is 33.3 Å². The number of nitrogens with zero attached hydrogens (tertiary/aromatic N) is 2. The highest BCUT2D eigenvalue weighted by molar-refractivity contribution is 6.53. The number of rotatable bonds is 1. The third-order valence-corrected chi connectivity index (χ3v) is 7.97. The van der Waals surface area contributed by atoms with Crippen LogP contribution in [-0.4, -0.2) is 29.3 Å². The summed E-state index contributed by atoms with van der Waals surface area (Å²) in [7, 11) is 2.04. The van der Waals surface area contributed by atoms with Crippen LogP contribution in [0.5, 0.6) is 0 Å². The average molecular weight is 489 g/mol. The first-order valence-corrected chi connectivity index (χ1v) is 12.6. The van der Waals surface area contributed by atoms with E-state index in [1.54, 1.807) is 0 Å². The summed E-state index contributed by atoms with van der Waals surface area (Å²) in [5.41, 5.74) is 3.90. The molecule has 0 radical (unpaired) electrons. The van der Waals surface area contributed by atoms with Crippen molar-refractivity contribution in [3.63, 3.8) is 0 Å². The third kappa shape index (κ3) is 2.87. The maximum Gasteiger partial charge on any atom is 0.201 e. The summed E-state index contributed by atoms with van der Waals surface area (Å²) >= 11 is 0. The molecule has 184 valence electrons. The summed E-state index contributed by atoms with van der Waals surface area (Å²) < 4.78 is 0. The van der Waals surface area contributed by atoms with E-state index in [2.05, 4.69) is 49.3 Å². The summed E-state index contributed by atoms with van der Waals surface area (Å²) in [6.07, 6.45) is 0. The van der Waals surface area contributed by atoms with Crippen molar-refractivity contribution >= 4 is 55.5 Å². The van der Waals surface area contributed by atoms with E-state index < -0.39 is 0 Å².